The van der Waals surface area contributed by atoms with Gasteiger partial charge in [0.25, 0.3) is 0 Å². The molecule has 0 amide bonds. The zero-order valence-electron chi connectivity index (χ0n) is 5.46. The van der Waals surface area contributed by atoms with Crippen LogP contribution in [-0.2, 0) is 10.2 Å². The molecular weight excluding hydrogens is 164 g/mol. The minimum absolute atomic E-state index is 0.549. The molecule has 0 aliphatic carbocycles. The first-order valence-electron chi connectivity index (χ1n) is 2.98. The smallest absolute Gasteiger partial charge is 0.265 e. The Bertz CT molecular complexity index is 354. The van der Waals surface area contributed by atoms with Gasteiger partial charge in [0, 0.05) is 0 Å². The molecule has 0 saturated carbocycles. The third-order valence-electron chi connectivity index (χ3n) is 1.35. The van der Waals surface area contributed by atoms with Gasteiger partial charge in [-0.2, -0.15) is 8.42 Å². The van der Waals surface area contributed by atoms with Crippen molar-refractivity contribution >= 4 is 21.6 Å². The lowest BCUT2D eigenvalue weighted by Crippen LogP contribution is -2.12. The zero-order valence-corrected chi connectivity index (χ0v) is 6.27. The van der Waals surface area contributed by atoms with Gasteiger partial charge in [0.15, 0.2) is 0 Å². The van der Waals surface area contributed by atoms with E-state index in [0.29, 0.717) is 11.4 Å². The first kappa shape index (κ1) is 6.48. The van der Waals surface area contributed by atoms with Crippen molar-refractivity contribution in [1.29, 1.82) is 0 Å². The molecule has 0 bridgehead atoms. The molecule has 1 radical (unpaired) electrons. The van der Waals surface area contributed by atoms with Crippen molar-refractivity contribution in [3.05, 3.63) is 24.3 Å². The van der Waals surface area contributed by atoms with E-state index in [0.717, 1.165) is 0 Å². The Morgan fingerprint density at radius 3 is 2.73 bits per heavy atom. The molecule has 0 aromatic heterocycles. The Hall–Kier alpha value is -1.23. The summed E-state index contributed by atoms with van der Waals surface area (Å²) < 4.78 is 26.3. The molecule has 1 aromatic rings. The molecule has 2 N–H and O–H groups in total. The molecule has 0 spiro atoms. The number of hydrogen-bond donors (Lipinski definition) is 2. The number of benzene rings is 1. The van der Waals surface area contributed by atoms with E-state index < -0.39 is 10.2 Å². The highest BCUT2D eigenvalue weighted by atomic mass is 32.2. The van der Waals surface area contributed by atoms with Crippen LogP contribution in [0, 0.1) is 6.07 Å². The predicted molar refractivity (Wildman–Crippen MR) is 41.4 cm³/mol. The summed E-state index contributed by atoms with van der Waals surface area (Å²) in [6.45, 7) is 0. The van der Waals surface area contributed by atoms with Crippen LogP contribution in [0.25, 0.3) is 0 Å². The van der Waals surface area contributed by atoms with Crippen LogP contribution in [0.5, 0.6) is 0 Å². The average Bonchev–Trinajstić information content (AvgIpc) is 2.21. The number of hydrogen-bond acceptors (Lipinski definition) is 2. The summed E-state index contributed by atoms with van der Waals surface area (Å²) in [5, 5.41) is 0. The fourth-order valence-electron chi connectivity index (χ4n) is 0.919. The summed E-state index contributed by atoms with van der Waals surface area (Å²) in [7, 11) is -3.33. The van der Waals surface area contributed by atoms with E-state index in [4.69, 9.17) is 0 Å². The average molecular weight is 169 g/mol. The molecule has 0 atom stereocenters. The second kappa shape index (κ2) is 1.88. The molecule has 0 unspecified atom stereocenters. The largest absolute Gasteiger partial charge is 0.321 e. The lowest BCUT2D eigenvalue weighted by atomic mass is 10.3. The Balaban J connectivity index is 2.57. The second-order valence-electron chi connectivity index (χ2n) is 2.18. The molecule has 11 heavy (non-hydrogen) atoms. The van der Waals surface area contributed by atoms with Crippen LogP contribution in [-0.4, -0.2) is 8.42 Å². The van der Waals surface area contributed by atoms with E-state index in [-0.39, 0.29) is 0 Å². The summed E-state index contributed by atoms with van der Waals surface area (Å²) in [5.41, 5.74) is 1.12. The van der Waals surface area contributed by atoms with Crippen LogP contribution in [0.1, 0.15) is 0 Å². The molecule has 1 heterocycles. The topological polar surface area (TPSA) is 58.2 Å². The standard InChI is InChI=1S/C6H5N2O2S/c9-11(10)7-5-3-1-2-4-6(5)8-11/h1,3-4,7-8H. The Morgan fingerprint density at radius 2 is 2.00 bits per heavy atom. The van der Waals surface area contributed by atoms with Crippen molar-refractivity contribution in [1.82, 2.24) is 0 Å². The maximum Gasteiger partial charge on any atom is 0.321 e. The first-order valence-corrected chi connectivity index (χ1v) is 4.46. The van der Waals surface area contributed by atoms with Crippen molar-refractivity contribution < 1.29 is 8.42 Å². The third-order valence-corrected chi connectivity index (χ3v) is 2.33. The van der Waals surface area contributed by atoms with Gasteiger partial charge in [-0.3, -0.25) is 9.44 Å². The number of nitrogens with one attached hydrogen (secondary N) is 2. The van der Waals surface area contributed by atoms with Crippen LogP contribution >= 0.6 is 0 Å². The SMILES string of the molecule is O=S1(=O)Nc2c[c]ccc2N1. The van der Waals surface area contributed by atoms with Gasteiger partial charge in [-0.05, 0) is 18.2 Å². The van der Waals surface area contributed by atoms with E-state index in [1.807, 2.05) is 0 Å². The van der Waals surface area contributed by atoms with Gasteiger partial charge in [0.05, 0.1) is 11.4 Å². The summed E-state index contributed by atoms with van der Waals surface area (Å²) in [6, 6.07) is 7.63. The van der Waals surface area contributed by atoms with Gasteiger partial charge in [-0.25, -0.2) is 0 Å². The number of rotatable bonds is 0. The van der Waals surface area contributed by atoms with E-state index in [9.17, 15) is 8.42 Å². The van der Waals surface area contributed by atoms with Crippen molar-refractivity contribution in [2.75, 3.05) is 9.44 Å². The lowest BCUT2D eigenvalue weighted by Gasteiger charge is -1.90. The molecule has 0 saturated heterocycles. The maximum absolute atomic E-state index is 10.9. The summed E-state index contributed by atoms with van der Waals surface area (Å²) in [5.74, 6) is 0. The summed E-state index contributed by atoms with van der Waals surface area (Å²) in [6.07, 6.45) is 0. The van der Waals surface area contributed by atoms with E-state index >= 15 is 0 Å². The van der Waals surface area contributed by atoms with Crippen LogP contribution in [0.15, 0.2) is 18.2 Å². The minimum atomic E-state index is -3.33. The number of anilines is 2. The Labute approximate surface area is 64.4 Å². The van der Waals surface area contributed by atoms with Gasteiger partial charge in [0.1, 0.15) is 0 Å². The summed E-state index contributed by atoms with van der Waals surface area (Å²) >= 11 is 0. The molecule has 2 rings (SSSR count). The monoisotopic (exact) mass is 169 g/mol. The van der Waals surface area contributed by atoms with E-state index in [1.165, 1.54) is 0 Å². The predicted octanol–water partition coefficient (Wildman–Crippen LogP) is 0.569. The minimum Gasteiger partial charge on any atom is -0.265 e. The van der Waals surface area contributed by atoms with Crippen molar-refractivity contribution in [3.63, 3.8) is 0 Å². The molecule has 0 fully saturated rings. The molecule has 57 valence electrons. The van der Waals surface area contributed by atoms with E-state index in [2.05, 4.69) is 15.5 Å². The van der Waals surface area contributed by atoms with Gasteiger partial charge >= 0.3 is 10.2 Å². The highest BCUT2D eigenvalue weighted by Crippen LogP contribution is 2.28. The third kappa shape index (κ3) is 1.03. The Morgan fingerprint density at radius 1 is 1.27 bits per heavy atom. The van der Waals surface area contributed by atoms with Crippen LogP contribution in [0.4, 0.5) is 11.4 Å². The lowest BCUT2D eigenvalue weighted by molar-refractivity contribution is 0.607. The van der Waals surface area contributed by atoms with Gasteiger partial charge in [-0.15, -0.1) is 0 Å². The fraction of sp³-hybridized carbons (Fsp3) is 0. The quantitative estimate of drug-likeness (QED) is 0.596. The molecule has 1 aliphatic heterocycles. The fourth-order valence-corrected chi connectivity index (χ4v) is 1.90. The second-order valence-corrected chi connectivity index (χ2v) is 3.59. The maximum atomic E-state index is 10.9. The molecule has 5 heteroatoms. The van der Waals surface area contributed by atoms with Crippen molar-refractivity contribution in [2.24, 2.45) is 0 Å². The van der Waals surface area contributed by atoms with E-state index in [1.54, 1.807) is 18.2 Å². The van der Waals surface area contributed by atoms with Crippen LogP contribution in [0.3, 0.4) is 0 Å². The molecular formula is C6H5N2O2S. The van der Waals surface area contributed by atoms with Gasteiger partial charge in [0.2, 0.25) is 0 Å². The normalized spacial score (nSPS) is 18.2. The molecule has 1 aliphatic rings. The Kier molecular flexibility index (Phi) is 1.11. The molecule has 1 aromatic carbocycles. The zero-order chi connectivity index (χ0) is 7.90. The summed E-state index contributed by atoms with van der Waals surface area (Å²) in [4.78, 5) is 0. The van der Waals surface area contributed by atoms with Crippen molar-refractivity contribution in [2.45, 2.75) is 0 Å². The van der Waals surface area contributed by atoms with Gasteiger partial charge in [-0.1, -0.05) is 6.07 Å². The highest BCUT2D eigenvalue weighted by molar-refractivity contribution is 7.94. The number of fused-ring (bicyclic) bond motifs is 1. The first-order chi connectivity index (χ1) is 5.17. The highest BCUT2D eigenvalue weighted by Gasteiger charge is 2.20. The van der Waals surface area contributed by atoms with Crippen molar-refractivity contribution in [3.8, 4) is 0 Å². The van der Waals surface area contributed by atoms with Gasteiger partial charge < -0.3 is 0 Å². The molecule has 4 nitrogen and oxygen atoms in total. The van der Waals surface area contributed by atoms with Crippen LogP contribution in [0.2, 0.25) is 0 Å². The van der Waals surface area contributed by atoms with Crippen LogP contribution < -0.4 is 9.44 Å².